The number of nitrogens with zero attached hydrogens (tertiary/aromatic N) is 7. The number of anilines is 3. The van der Waals surface area contributed by atoms with Crippen molar-refractivity contribution in [2.75, 3.05) is 16.5 Å². The van der Waals surface area contributed by atoms with Crippen LogP contribution in [0, 0.1) is 4.91 Å². The lowest BCUT2D eigenvalue weighted by molar-refractivity contribution is 0.767. The van der Waals surface area contributed by atoms with Crippen LogP contribution in [0.3, 0.4) is 0 Å². The van der Waals surface area contributed by atoms with Gasteiger partial charge in [0.25, 0.3) is 0 Å². The molecule has 122 valence electrons. The summed E-state index contributed by atoms with van der Waals surface area (Å²) in [5.74, 6) is 0.220. The molecule has 0 bridgehead atoms. The maximum atomic E-state index is 11.1. The van der Waals surface area contributed by atoms with Crippen molar-refractivity contribution >= 4 is 51.8 Å². The Morgan fingerprint density at radius 2 is 1.88 bits per heavy atom. The van der Waals surface area contributed by atoms with Gasteiger partial charge in [0.2, 0.25) is 11.6 Å². The van der Waals surface area contributed by atoms with Gasteiger partial charge in [-0.3, -0.25) is 0 Å². The van der Waals surface area contributed by atoms with Crippen molar-refractivity contribution in [1.29, 1.82) is 0 Å². The van der Waals surface area contributed by atoms with Gasteiger partial charge >= 0.3 is 0 Å². The van der Waals surface area contributed by atoms with Crippen LogP contribution < -0.4 is 16.5 Å². The van der Waals surface area contributed by atoms with E-state index in [-0.39, 0.29) is 40.3 Å². The first-order valence-electron chi connectivity index (χ1n) is 6.46. The van der Waals surface area contributed by atoms with Gasteiger partial charge in [-0.25, -0.2) is 9.99 Å². The van der Waals surface area contributed by atoms with Crippen molar-refractivity contribution in [3.63, 3.8) is 0 Å². The molecular formula is C12H9Cl2N9O. The van der Waals surface area contributed by atoms with Crippen LogP contribution in [0.1, 0.15) is 5.82 Å². The predicted octanol–water partition coefficient (Wildman–Crippen LogP) is 1.97. The molecule has 10 nitrogen and oxygen atoms in total. The highest BCUT2D eigenvalue weighted by Crippen LogP contribution is 2.28. The number of fused-ring (bicyclic) bond motifs is 1. The van der Waals surface area contributed by atoms with Crippen molar-refractivity contribution in [3.8, 4) is 0 Å². The first-order valence-corrected chi connectivity index (χ1v) is 7.21. The number of aromatic nitrogens is 5. The van der Waals surface area contributed by atoms with Crippen molar-refractivity contribution in [1.82, 2.24) is 25.1 Å². The SMILES string of the molecule is Nc1nc(N)c2nc(CN(N=O)c3ccc(Cl)c(Cl)c3)nnc2n1. The molecule has 0 atom stereocenters. The highest BCUT2D eigenvalue weighted by atomic mass is 35.5. The molecule has 0 aliphatic rings. The molecule has 3 aromatic rings. The molecule has 12 heteroatoms. The van der Waals surface area contributed by atoms with Gasteiger partial charge in [-0.1, -0.05) is 23.2 Å². The summed E-state index contributed by atoms with van der Waals surface area (Å²) in [6, 6.07) is 4.63. The van der Waals surface area contributed by atoms with E-state index in [0.29, 0.717) is 10.7 Å². The van der Waals surface area contributed by atoms with E-state index in [4.69, 9.17) is 34.7 Å². The number of nitroso groups, excluding NO2 is 1. The molecular weight excluding hydrogens is 357 g/mol. The summed E-state index contributed by atoms with van der Waals surface area (Å²) in [6.07, 6.45) is 0. The topological polar surface area (TPSA) is 149 Å². The van der Waals surface area contributed by atoms with Crippen molar-refractivity contribution in [3.05, 3.63) is 39.0 Å². The third kappa shape index (κ3) is 3.09. The van der Waals surface area contributed by atoms with E-state index in [1.165, 1.54) is 6.07 Å². The van der Waals surface area contributed by atoms with Crippen LogP contribution >= 0.6 is 23.2 Å². The molecule has 0 fully saturated rings. The van der Waals surface area contributed by atoms with Gasteiger partial charge in [0, 0.05) is 0 Å². The normalized spacial score (nSPS) is 10.8. The molecule has 0 unspecified atom stereocenters. The van der Waals surface area contributed by atoms with E-state index in [1.54, 1.807) is 12.1 Å². The van der Waals surface area contributed by atoms with E-state index in [9.17, 15) is 4.91 Å². The smallest absolute Gasteiger partial charge is 0.224 e. The quantitative estimate of drug-likeness (QED) is 0.522. The molecule has 0 aliphatic carbocycles. The minimum atomic E-state index is -0.0613. The zero-order valence-electron chi connectivity index (χ0n) is 11.9. The van der Waals surface area contributed by atoms with Crippen molar-refractivity contribution in [2.24, 2.45) is 5.29 Å². The minimum absolute atomic E-state index is 0.0316. The molecule has 1 aromatic carbocycles. The molecule has 4 N–H and O–H groups in total. The van der Waals surface area contributed by atoms with Gasteiger partial charge in [0.15, 0.2) is 17.2 Å². The Balaban J connectivity index is 1.94. The van der Waals surface area contributed by atoms with Crippen LogP contribution in [0.5, 0.6) is 0 Å². The number of rotatable bonds is 4. The van der Waals surface area contributed by atoms with Gasteiger partial charge in [0.05, 0.1) is 21.0 Å². The lowest BCUT2D eigenvalue weighted by Gasteiger charge is -2.14. The lowest BCUT2D eigenvalue weighted by atomic mass is 10.3. The highest BCUT2D eigenvalue weighted by Gasteiger charge is 2.14. The molecule has 0 aliphatic heterocycles. The average molecular weight is 366 g/mol. The monoisotopic (exact) mass is 365 g/mol. The zero-order valence-corrected chi connectivity index (χ0v) is 13.4. The standard InChI is InChI=1S/C12H9Cl2N9O/c13-6-2-1-5(3-7(6)14)23(22-24)4-8-17-9-10(15)18-12(16)19-11(9)21-20-8/h1-3H,4H2,(H4,15,16,18,19,21). The Hall–Kier alpha value is -2.85. The predicted molar refractivity (Wildman–Crippen MR) is 90.2 cm³/mol. The van der Waals surface area contributed by atoms with E-state index in [0.717, 1.165) is 5.01 Å². The third-order valence-electron chi connectivity index (χ3n) is 3.00. The summed E-state index contributed by atoms with van der Waals surface area (Å²) in [5.41, 5.74) is 12.0. The van der Waals surface area contributed by atoms with Crippen LogP contribution in [0.4, 0.5) is 17.5 Å². The minimum Gasteiger partial charge on any atom is -0.382 e. The second-order valence-corrected chi connectivity index (χ2v) is 5.42. The van der Waals surface area contributed by atoms with E-state index in [2.05, 4.69) is 30.4 Å². The lowest BCUT2D eigenvalue weighted by Crippen LogP contribution is -2.18. The fourth-order valence-electron chi connectivity index (χ4n) is 1.92. The Morgan fingerprint density at radius 3 is 2.58 bits per heavy atom. The van der Waals surface area contributed by atoms with E-state index >= 15 is 0 Å². The van der Waals surface area contributed by atoms with Crippen molar-refractivity contribution in [2.45, 2.75) is 6.54 Å². The molecule has 0 spiro atoms. The fourth-order valence-corrected chi connectivity index (χ4v) is 2.22. The molecule has 0 radical (unpaired) electrons. The second kappa shape index (κ2) is 6.34. The Labute approximate surface area is 144 Å². The summed E-state index contributed by atoms with van der Waals surface area (Å²) < 4.78 is 0. The summed E-state index contributed by atoms with van der Waals surface area (Å²) in [7, 11) is 0. The maximum Gasteiger partial charge on any atom is 0.224 e. The fraction of sp³-hybridized carbons (Fsp3) is 0.0833. The molecule has 2 aromatic heterocycles. The molecule has 0 saturated heterocycles. The number of hydrogen-bond donors (Lipinski definition) is 2. The van der Waals surface area contributed by atoms with Crippen LogP contribution in [-0.4, -0.2) is 25.1 Å². The second-order valence-electron chi connectivity index (χ2n) is 4.61. The number of benzene rings is 1. The summed E-state index contributed by atoms with van der Waals surface area (Å²) in [5, 5.41) is 12.4. The van der Waals surface area contributed by atoms with Gasteiger partial charge in [-0.15, -0.1) is 15.1 Å². The van der Waals surface area contributed by atoms with Crippen LogP contribution in [-0.2, 0) is 6.54 Å². The number of halogens is 2. The highest BCUT2D eigenvalue weighted by molar-refractivity contribution is 6.42. The molecule has 24 heavy (non-hydrogen) atoms. The molecule has 0 saturated carbocycles. The van der Waals surface area contributed by atoms with Gasteiger partial charge in [-0.2, -0.15) is 9.97 Å². The Bertz CT molecular complexity index is 936. The molecule has 0 amide bonds. The Kier molecular flexibility index (Phi) is 4.23. The van der Waals surface area contributed by atoms with Gasteiger partial charge in [-0.05, 0) is 18.2 Å². The molecule has 3 rings (SSSR count). The van der Waals surface area contributed by atoms with E-state index < -0.39 is 0 Å². The zero-order chi connectivity index (χ0) is 17.3. The summed E-state index contributed by atoms with van der Waals surface area (Å²) in [6.45, 7) is -0.0613. The van der Waals surface area contributed by atoms with E-state index in [1.807, 2.05) is 0 Å². The van der Waals surface area contributed by atoms with Crippen molar-refractivity contribution < 1.29 is 0 Å². The first-order chi connectivity index (χ1) is 11.5. The largest absolute Gasteiger partial charge is 0.382 e. The maximum absolute atomic E-state index is 11.1. The Morgan fingerprint density at radius 1 is 1.08 bits per heavy atom. The number of nitrogen functional groups attached to an aromatic ring is 2. The van der Waals surface area contributed by atoms with Crippen LogP contribution in [0.25, 0.3) is 11.2 Å². The van der Waals surface area contributed by atoms with Crippen LogP contribution in [0.15, 0.2) is 23.5 Å². The van der Waals surface area contributed by atoms with Crippen LogP contribution in [0.2, 0.25) is 10.0 Å². The third-order valence-corrected chi connectivity index (χ3v) is 3.74. The van der Waals surface area contributed by atoms with Gasteiger partial charge < -0.3 is 11.5 Å². The first kappa shape index (κ1) is 16.0. The summed E-state index contributed by atoms with van der Waals surface area (Å²) in [4.78, 5) is 23.0. The number of nitrogens with two attached hydrogens (primary N) is 2. The molecule has 2 heterocycles. The number of hydrogen-bond acceptors (Lipinski definition) is 9. The average Bonchev–Trinajstić information content (AvgIpc) is 2.55. The van der Waals surface area contributed by atoms with Gasteiger partial charge in [0.1, 0.15) is 6.54 Å². The summed E-state index contributed by atoms with van der Waals surface area (Å²) >= 11 is 11.8.